The molecule has 1 aliphatic heterocycles. The van der Waals surface area contributed by atoms with Crippen molar-refractivity contribution in [3.63, 3.8) is 0 Å². The summed E-state index contributed by atoms with van der Waals surface area (Å²) >= 11 is 0. The van der Waals surface area contributed by atoms with E-state index < -0.39 is 0 Å². The van der Waals surface area contributed by atoms with Crippen LogP contribution in [-0.4, -0.2) is 33.7 Å². The third-order valence-corrected chi connectivity index (χ3v) is 5.65. The number of benzene rings is 1. The molecule has 1 aromatic carbocycles. The Morgan fingerprint density at radius 3 is 2.77 bits per heavy atom. The van der Waals surface area contributed by atoms with E-state index in [0.717, 1.165) is 41.1 Å². The Labute approximate surface area is 152 Å². The molecule has 5 heteroatoms. The SMILES string of the molecule is c1ccc2c(NC3CCCC4OCCC34)nc(-c3ccncc3)nc2c1. The molecule has 2 aliphatic rings. The van der Waals surface area contributed by atoms with E-state index in [9.17, 15) is 0 Å². The maximum absolute atomic E-state index is 5.93. The minimum absolute atomic E-state index is 0.411. The number of ether oxygens (including phenoxy) is 1. The summed E-state index contributed by atoms with van der Waals surface area (Å²) in [7, 11) is 0. The van der Waals surface area contributed by atoms with Crippen LogP contribution in [-0.2, 0) is 4.74 Å². The van der Waals surface area contributed by atoms with Crippen LogP contribution < -0.4 is 5.32 Å². The number of para-hydroxylation sites is 1. The van der Waals surface area contributed by atoms with Crippen molar-refractivity contribution in [1.82, 2.24) is 15.0 Å². The predicted octanol–water partition coefficient (Wildman–Crippen LogP) is 4.06. The zero-order chi connectivity index (χ0) is 17.3. The molecule has 26 heavy (non-hydrogen) atoms. The molecular formula is C21H22N4O. The first-order chi connectivity index (χ1) is 12.9. The average Bonchev–Trinajstić information content (AvgIpc) is 3.18. The topological polar surface area (TPSA) is 59.9 Å². The van der Waals surface area contributed by atoms with Gasteiger partial charge in [-0.05, 0) is 49.9 Å². The van der Waals surface area contributed by atoms with Gasteiger partial charge >= 0.3 is 0 Å². The molecule has 2 aromatic heterocycles. The molecule has 3 aromatic rings. The van der Waals surface area contributed by atoms with Gasteiger partial charge in [-0.25, -0.2) is 9.97 Å². The van der Waals surface area contributed by atoms with Crippen LogP contribution in [0.3, 0.4) is 0 Å². The standard InChI is InChI=1S/C21H22N4O/c1-2-5-18-16(4-1)21(25-20(23-18)14-8-11-22-12-9-14)24-17-6-3-7-19-15(17)10-13-26-19/h1-2,4-5,8-9,11-12,15,17,19H,3,6-7,10,13H2,(H,23,24,25). The number of anilines is 1. The lowest BCUT2D eigenvalue weighted by Gasteiger charge is -2.33. The Morgan fingerprint density at radius 2 is 1.85 bits per heavy atom. The van der Waals surface area contributed by atoms with E-state index in [4.69, 9.17) is 14.7 Å². The van der Waals surface area contributed by atoms with Crippen molar-refractivity contribution >= 4 is 16.7 Å². The van der Waals surface area contributed by atoms with Gasteiger partial charge in [-0.15, -0.1) is 0 Å². The van der Waals surface area contributed by atoms with Gasteiger partial charge in [0.2, 0.25) is 0 Å². The molecule has 3 atom stereocenters. The highest BCUT2D eigenvalue weighted by Crippen LogP contribution is 2.37. The predicted molar refractivity (Wildman–Crippen MR) is 102 cm³/mol. The van der Waals surface area contributed by atoms with E-state index in [-0.39, 0.29) is 0 Å². The monoisotopic (exact) mass is 346 g/mol. The van der Waals surface area contributed by atoms with Gasteiger partial charge in [0.15, 0.2) is 5.82 Å². The van der Waals surface area contributed by atoms with Crippen molar-refractivity contribution in [3.05, 3.63) is 48.8 Å². The van der Waals surface area contributed by atoms with Crippen LogP contribution in [0.4, 0.5) is 5.82 Å². The summed E-state index contributed by atoms with van der Waals surface area (Å²) in [6, 6.07) is 12.5. The van der Waals surface area contributed by atoms with E-state index in [0.29, 0.717) is 18.1 Å². The van der Waals surface area contributed by atoms with Gasteiger partial charge in [0.25, 0.3) is 0 Å². The van der Waals surface area contributed by atoms with Gasteiger partial charge in [0.1, 0.15) is 5.82 Å². The van der Waals surface area contributed by atoms with Crippen molar-refractivity contribution in [2.75, 3.05) is 11.9 Å². The molecule has 0 amide bonds. The summed E-state index contributed by atoms with van der Waals surface area (Å²) in [5, 5.41) is 4.83. The lowest BCUT2D eigenvalue weighted by atomic mass is 9.82. The number of rotatable bonds is 3. The highest BCUT2D eigenvalue weighted by molar-refractivity contribution is 5.90. The van der Waals surface area contributed by atoms with Crippen molar-refractivity contribution in [2.45, 2.75) is 37.8 Å². The van der Waals surface area contributed by atoms with Gasteiger partial charge in [-0.3, -0.25) is 4.98 Å². The summed E-state index contributed by atoms with van der Waals surface area (Å²) in [4.78, 5) is 13.8. The van der Waals surface area contributed by atoms with Crippen LogP contribution in [0.2, 0.25) is 0 Å². The Kier molecular flexibility index (Phi) is 4.02. The molecule has 0 spiro atoms. The third-order valence-electron chi connectivity index (χ3n) is 5.65. The number of hydrogen-bond acceptors (Lipinski definition) is 5. The molecule has 0 bridgehead atoms. The van der Waals surface area contributed by atoms with Crippen LogP contribution in [0.25, 0.3) is 22.3 Å². The molecule has 1 N–H and O–H groups in total. The average molecular weight is 346 g/mol. The van der Waals surface area contributed by atoms with E-state index >= 15 is 0 Å². The number of fused-ring (bicyclic) bond motifs is 2. The molecule has 1 saturated heterocycles. The Morgan fingerprint density at radius 1 is 0.962 bits per heavy atom. The van der Waals surface area contributed by atoms with Crippen LogP contribution >= 0.6 is 0 Å². The summed E-state index contributed by atoms with van der Waals surface area (Å²) in [5.41, 5.74) is 1.95. The summed E-state index contributed by atoms with van der Waals surface area (Å²) < 4.78 is 5.93. The molecular weight excluding hydrogens is 324 g/mol. The molecule has 0 radical (unpaired) electrons. The van der Waals surface area contributed by atoms with Gasteiger partial charge in [0.05, 0.1) is 11.6 Å². The quantitative estimate of drug-likeness (QED) is 0.775. The van der Waals surface area contributed by atoms with Crippen LogP contribution in [0.5, 0.6) is 0 Å². The summed E-state index contributed by atoms with van der Waals surface area (Å²) in [6.45, 7) is 0.889. The fourth-order valence-electron chi connectivity index (χ4n) is 4.35. The Bertz CT molecular complexity index is 914. The molecule has 1 aliphatic carbocycles. The van der Waals surface area contributed by atoms with Crippen molar-refractivity contribution < 1.29 is 4.74 Å². The van der Waals surface area contributed by atoms with Gasteiger partial charge in [0, 0.05) is 41.9 Å². The molecule has 3 unspecified atom stereocenters. The van der Waals surface area contributed by atoms with Crippen molar-refractivity contribution in [2.24, 2.45) is 5.92 Å². The van der Waals surface area contributed by atoms with E-state index in [1.807, 2.05) is 24.3 Å². The van der Waals surface area contributed by atoms with E-state index in [2.05, 4.69) is 22.4 Å². The fourth-order valence-corrected chi connectivity index (χ4v) is 4.35. The second kappa shape index (κ2) is 6.65. The van der Waals surface area contributed by atoms with Crippen LogP contribution in [0.15, 0.2) is 48.8 Å². The van der Waals surface area contributed by atoms with E-state index in [1.54, 1.807) is 12.4 Å². The van der Waals surface area contributed by atoms with Gasteiger partial charge in [-0.2, -0.15) is 0 Å². The number of pyridine rings is 1. The Hall–Kier alpha value is -2.53. The number of aromatic nitrogens is 3. The summed E-state index contributed by atoms with van der Waals surface area (Å²) in [5.74, 6) is 2.26. The third kappa shape index (κ3) is 2.82. The minimum Gasteiger partial charge on any atom is -0.378 e. The van der Waals surface area contributed by atoms with Crippen LogP contribution in [0, 0.1) is 5.92 Å². The first-order valence-corrected chi connectivity index (χ1v) is 9.44. The molecule has 3 heterocycles. The highest BCUT2D eigenvalue weighted by Gasteiger charge is 2.37. The zero-order valence-corrected chi connectivity index (χ0v) is 14.6. The molecule has 1 saturated carbocycles. The second-order valence-electron chi connectivity index (χ2n) is 7.19. The first kappa shape index (κ1) is 15.7. The number of hydrogen-bond donors (Lipinski definition) is 1. The molecule has 5 nitrogen and oxygen atoms in total. The lowest BCUT2D eigenvalue weighted by molar-refractivity contribution is 0.0620. The minimum atomic E-state index is 0.411. The van der Waals surface area contributed by atoms with Crippen molar-refractivity contribution in [3.8, 4) is 11.4 Å². The fraction of sp³-hybridized carbons (Fsp3) is 0.381. The molecule has 2 fully saturated rings. The zero-order valence-electron chi connectivity index (χ0n) is 14.6. The largest absolute Gasteiger partial charge is 0.378 e. The lowest BCUT2D eigenvalue weighted by Crippen LogP contribution is -2.38. The first-order valence-electron chi connectivity index (χ1n) is 9.44. The smallest absolute Gasteiger partial charge is 0.162 e. The molecule has 5 rings (SSSR count). The Balaban J connectivity index is 1.55. The maximum atomic E-state index is 5.93. The maximum Gasteiger partial charge on any atom is 0.162 e. The van der Waals surface area contributed by atoms with Crippen LogP contribution in [0.1, 0.15) is 25.7 Å². The van der Waals surface area contributed by atoms with Crippen molar-refractivity contribution in [1.29, 1.82) is 0 Å². The van der Waals surface area contributed by atoms with E-state index in [1.165, 1.54) is 19.3 Å². The number of nitrogens with one attached hydrogen (secondary N) is 1. The number of nitrogens with zero attached hydrogens (tertiary/aromatic N) is 3. The second-order valence-corrected chi connectivity index (χ2v) is 7.19. The molecule has 132 valence electrons. The highest BCUT2D eigenvalue weighted by atomic mass is 16.5. The van der Waals surface area contributed by atoms with Gasteiger partial charge < -0.3 is 10.1 Å². The normalized spacial score (nSPS) is 25.2. The summed E-state index contributed by atoms with van der Waals surface area (Å²) in [6.07, 6.45) is 8.68. The van der Waals surface area contributed by atoms with Gasteiger partial charge in [-0.1, -0.05) is 12.1 Å².